The molecule has 0 amide bonds. The van der Waals surface area contributed by atoms with Crippen LogP contribution in [0.2, 0.25) is 0 Å². The first-order chi connectivity index (χ1) is 13.0. The van der Waals surface area contributed by atoms with Crippen molar-refractivity contribution in [1.82, 2.24) is 4.90 Å². The van der Waals surface area contributed by atoms with E-state index in [-0.39, 0.29) is 0 Å². The highest BCUT2D eigenvalue weighted by Gasteiger charge is 2.22. The fourth-order valence-electron chi connectivity index (χ4n) is 3.37. The van der Waals surface area contributed by atoms with Gasteiger partial charge in [-0.25, -0.2) is 4.79 Å². The number of nitrogens with zero attached hydrogens (tertiary/aromatic N) is 1. The Morgan fingerprint density at radius 1 is 1.15 bits per heavy atom. The third-order valence-corrected chi connectivity index (χ3v) is 4.80. The van der Waals surface area contributed by atoms with Crippen LogP contribution in [0.15, 0.2) is 36.5 Å². The van der Waals surface area contributed by atoms with Gasteiger partial charge in [0, 0.05) is 36.6 Å². The third-order valence-electron chi connectivity index (χ3n) is 4.80. The third kappa shape index (κ3) is 3.48. The smallest absolute Gasteiger partial charge is 0.335 e. The fourth-order valence-corrected chi connectivity index (χ4v) is 3.37. The van der Waals surface area contributed by atoms with E-state index in [0.717, 1.165) is 28.8 Å². The molecule has 0 radical (unpaired) electrons. The Morgan fingerprint density at radius 3 is 2.48 bits per heavy atom. The summed E-state index contributed by atoms with van der Waals surface area (Å²) in [6.07, 6.45) is 2.26. The zero-order chi connectivity index (χ0) is 19.6. The molecule has 0 saturated heterocycles. The van der Waals surface area contributed by atoms with E-state index in [4.69, 9.17) is 26.0 Å². The average molecular weight is 369 g/mol. The van der Waals surface area contributed by atoms with Gasteiger partial charge in [-0.05, 0) is 35.7 Å². The van der Waals surface area contributed by atoms with E-state index < -0.39 is 5.97 Å². The quantitative estimate of drug-likeness (QED) is 0.694. The Morgan fingerprint density at radius 2 is 1.85 bits per heavy atom. The summed E-state index contributed by atoms with van der Waals surface area (Å²) in [5.74, 6) is 0.214. The van der Waals surface area contributed by atoms with Crippen LogP contribution < -0.4 is 20.9 Å². The lowest BCUT2D eigenvalue weighted by Gasteiger charge is -2.33. The lowest BCUT2D eigenvalue weighted by molar-refractivity contribution is 0.0696. The highest BCUT2D eigenvalue weighted by atomic mass is 16.5. The Hall–Kier alpha value is -3.35. The van der Waals surface area contributed by atoms with E-state index in [2.05, 4.69) is 4.90 Å². The summed E-state index contributed by atoms with van der Waals surface area (Å²) in [5.41, 5.74) is 16.7. The number of carboxylic acids is 1. The highest BCUT2D eigenvalue weighted by molar-refractivity contribution is 5.88. The van der Waals surface area contributed by atoms with E-state index >= 15 is 0 Å². The molecule has 142 valence electrons. The van der Waals surface area contributed by atoms with Crippen molar-refractivity contribution < 1.29 is 19.4 Å². The van der Waals surface area contributed by atoms with Crippen LogP contribution in [0.5, 0.6) is 11.5 Å². The molecule has 3 rings (SSSR count). The first-order valence-corrected chi connectivity index (χ1v) is 8.52. The number of methoxy groups -OCH3 is 2. The van der Waals surface area contributed by atoms with Gasteiger partial charge >= 0.3 is 5.97 Å². The van der Waals surface area contributed by atoms with Gasteiger partial charge in [-0.2, -0.15) is 0 Å². The molecule has 27 heavy (non-hydrogen) atoms. The number of carbonyl (C=O) groups is 1. The van der Waals surface area contributed by atoms with Crippen molar-refractivity contribution in [3.05, 3.63) is 58.8 Å². The number of fused-ring (bicyclic) bond motifs is 1. The SMILES string of the molecule is COc1cc(N)c(/C(=C\N)N2CCc3cc(C(=O)O)ccc3C2)cc1OC. The molecule has 0 fully saturated rings. The second kappa shape index (κ2) is 7.49. The van der Waals surface area contributed by atoms with E-state index in [1.54, 1.807) is 32.4 Å². The molecule has 7 heteroatoms. The molecule has 1 aliphatic rings. The van der Waals surface area contributed by atoms with Gasteiger partial charge in [-0.3, -0.25) is 0 Å². The highest BCUT2D eigenvalue weighted by Crippen LogP contribution is 2.37. The predicted octanol–water partition coefficient (Wildman–Crippen LogP) is 2.30. The molecular weight excluding hydrogens is 346 g/mol. The molecule has 2 aromatic carbocycles. The van der Waals surface area contributed by atoms with E-state index in [1.807, 2.05) is 12.1 Å². The summed E-state index contributed by atoms with van der Waals surface area (Å²) in [6.45, 7) is 1.32. The minimum atomic E-state index is -0.916. The van der Waals surface area contributed by atoms with Gasteiger partial charge in [0.25, 0.3) is 0 Å². The Labute approximate surface area is 157 Å². The van der Waals surface area contributed by atoms with Crippen LogP contribution >= 0.6 is 0 Å². The second-order valence-corrected chi connectivity index (χ2v) is 6.31. The summed E-state index contributed by atoms with van der Waals surface area (Å²) in [5, 5.41) is 9.16. The molecule has 5 N–H and O–H groups in total. The van der Waals surface area contributed by atoms with Crippen molar-refractivity contribution in [3.63, 3.8) is 0 Å². The summed E-state index contributed by atoms with van der Waals surface area (Å²) in [4.78, 5) is 13.3. The van der Waals surface area contributed by atoms with Crippen molar-refractivity contribution in [2.45, 2.75) is 13.0 Å². The van der Waals surface area contributed by atoms with Crippen LogP contribution in [-0.2, 0) is 13.0 Å². The Kier molecular flexibility index (Phi) is 5.12. The Balaban J connectivity index is 1.93. The maximum Gasteiger partial charge on any atom is 0.335 e. The second-order valence-electron chi connectivity index (χ2n) is 6.31. The molecule has 0 bridgehead atoms. The molecule has 1 aliphatic heterocycles. The van der Waals surface area contributed by atoms with Gasteiger partial charge in [-0.1, -0.05) is 6.07 Å². The summed E-state index contributed by atoms with van der Waals surface area (Å²) in [7, 11) is 3.13. The van der Waals surface area contributed by atoms with Crippen LogP contribution in [0.3, 0.4) is 0 Å². The van der Waals surface area contributed by atoms with Gasteiger partial charge in [0.15, 0.2) is 11.5 Å². The zero-order valence-corrected chi connectivity index (χ0v) is 15.4. The molecule has 2 aromatic rings. The molecule has 7 nitrogen and oxygen atoms in total. The maximum atomic E-state index is 11.2. The number of aromatic carboxylic acids is 1. The Bertz CT molecular complexity index is 908. The van der Waals surface area contributed by atoms with Crippen LogP contribution in [0.1, 0.15) is 27.0 Å². The summed E-state index contributed by atoms with van der Waals surface area (Å²) in [6, 6.07) is 8.76. The van der Waals surface area contributed by atoms with Gasteiger partial charge in [-0.15, -0.1) is 0 Å². The standard InChI is InChI=1S/C20H23N3O4/c1-26-18-8-15(16(22)9-19(18)27-2)17(10-21)23-6-5-12-7-13(20(24)25)3-4-14(12)11-23/h3-4,7-10H,5-6,11,21-22H2,1-2H3,(H,24,25)/b17-10+. The monoisotopic (exact) mass is 369 g/mol. The van der Waals surface area contributed by atoms with Crippen LogP contribution in [-0.4, -0.2) is 36.7 Å². The molecule has 0 aliphatic carbocycles. The molecular formula is C20H23N3O4. The van der Waals surface area contributed by atoms with Crippen LogP contribution in [0.25, 0.3) is 5.70 Å². The summed E-state index contributed by atoms with van der Waals surface area (Å²) >= 11 is 0. The largest absolute Gasteiger partial charge is 0.493 e. The minimum absolute atomic E-state index is 0.306. The lowest BCUT2D eigenvalue weighted by Crippen LogP contribution is -2.30. The normalized spacial score (nSPS) is 13.9. The zero-order valence-electron chi connectivity index (χ0n) is 15.4. The molecule has 0 unspecified atom stereocenters. The number of nitrogen functional groups attached to an aromatic ring is 1. The first-order valence-electron chi connectivity index (χ1n) is 8.52. The fraction of sp³-hybridized carbons (Fsp3) is 0.250. The maximum absolute atomic E-state index is 11.2. The number of nitrogens with two attached hydrogens (primary N) is 2. The number of ether oxygens (including phenoxy) is 2. The van der Waals surface area contributed by atoms with Crippen LogP contribution in [0, 0.1) is 0 Å². The molecule has 0 aromatic heterocycles. The number of hydrogen-bond acceptors (Lipinski definition) is 6. The van der Waals surface area contributed by atoms with Gasteiger partial charge in [0.2, 0.25) is 0 Å². The van der Waals surface area contributed by atoms with E-state index in [9.17, 15) is 4.79 Å². The van der Waals surface area contributed by atoms with Gasteiger partial charge < -0.3 is 30.9 Å². The molecule has 0 spiro atoms. The molecule has 1 heterocycles. The minimum Gasteiger partial charge on any atom is -0.493 e. The van der Waals surface area contributed by atoms with E-state index in [1.165, 1.54) is 6.20 Å². The van der Waals surface area contributed by atoms with Crippen molar-refractivity contribution in [2.24, 2.45) is 5.73 Å². The van der Waals surface area contributed by atoms with Crippen LogP contribution in [0.4, 0.5) is 5.69 Å². The topological polar surface area (TPSA) is 111 Å². The summed E-state index contributed by atoms with van der Waals surface area (Å²) < 4.78 is 10.7. The molecule has 0 saturated carbocycles. The average Bonchev–Trinajstić information content (AvgIpc) is 2.68. The first kappa shape index (κ1) is 18.4. The van der Waals surface area contributed by atoms with Crippen molar-refractivity contribution >= 4 is 17.4 Å². The van der Waals surface area contributed by atoms with Gasteiger partial charge in [0.1, 0.15) is 0 Å². The number of rotatable bonds is 5. The lowest BCUT2D eigenvalue weighted by atomic mass is 9.96. The number of benzene rings is 2. The van der Waals surface area contributed by atoms with Crippen molar-refractivity contribution in [2.75, 3.05) is 26.5 Å². The number of hydrogen-bond donors (Lipinski definition) is 3. The van der Waals surface area contributed by atoms with E-state index in [0.29, 0.717) is 35.8 Å². The number of anilines is 1. The number of carboxylic acid groups (broad SMARTS) is 1. The molecule has 0 atom stereocenters. The van der Waals surface area contributed by atoms with Crippen molar-refractivity contribution in [3.8, 4) is 11.5 Å². The predicted molar refractivity (Wildman–Crippen MR) is 104 cm³/mol. The van der Waals surface area contributed by atoms with Gasteiger partial charge in [0.05, 0.1) is 25.5 Å². The van der Waals surface area contributed by atoms with Crippen molar-refractivity contribution in [1.29, 1.82) is 0 Å².